The fourth-order valence-corrected chi connectivity index (χ4v) is 5.10. The lowest BCUT2D eigenvalue weighted by molar-refractivity contribution is 0.594. The summed E-state index contributed by atoms with van der Waals surface area (Å²) in [5, 5.41) is 5.17. The Bertz CT molecular complexity index is 484. The summed E-state index contributed by atoms with van der Waals surface area (Å²) in [4.78, 5) is 0. The fourth-order valence-electron chi connectivity index (χ4n) is 1.77. The lowest BCUT2D eigenvalue weighted by Crippen LogP contribution is -2.17. The Morgan fingerprint density at radius 2 is 2.06 bits per heavy atom. The third-order valence-corrected chi connectivity index (χ3v) is 6.95. The highest BCUT2D eigenvalue weighted by molar-refractivity contribution is 7.94. The van der Waals surface area contributed by atoms with Crippen molar-refractivity contribution in [1.29, 1.82) is 0 Å². The highest BCUT2D eigenvalue weighted by Gasteiger charge is 2.38. The van der Waals surface area contributed by atoms with Crippen LogP contribution in [-0.2, 0) is 16.4 Å². The second-order valence-corrected chi connectivity index (χ2v) is 7.97. The van der Waals surface area contributed by atoms with Crippen molar-refractivity contribution in [2.45, 2.75) is 47.7 Å². The molecule has 0 unspecified atom stereocenters. The van der Waals surface area contributed by atoms with E-state index in [9.17, 15) is 8.42 Å². The second-order valence-electron chi connectivity index (χ2n) is 4.63. The standard InChI is InChI=1S/C11H15NO2S2/c13-16(14,10-3-4-10)11-8(5-6-15-11)7-12-9-1-2-9/h5-6,9-10,12H,1-4,7H2. The minimum Gasteiger partial charge on any atom is -0.310 e. The van der Waals surface area contributed by atoms with E-state index in [0.717, 1.165) is 18.4 Å². The molecular formula is C11H15NO2S2. The Morgan fingerprint density at radius 3 is 2.69 bits per heavy atom. The van der Waals surface area contributed by atoms with Crippen LogP contribution in [-0.4, -0.2) is 19.7 Å². The molecule has 88 valence electrons. The van der Waals surface area contributed by atoms with Crippen LogP contribution < -0.4 is 5.32 Å². The smallest absolute Gasteiger partial charge is 0.190 e. The number of thiophene rings is 1. The lowest BCUT2D eigenvalue weighted by atomic mass is 10.3. The largest absolute Gasteiger partial charge is 0.310 e. The predicted molar refractivity (Wildman–Crippen MR) is 64.4 cm³/mol. The second kappa shape index (κ2) is 3.82. The van der Waals surface area contributed by atoms with Gasteiger partial charge in [0.05, 0.1) is 5.25 Å². The Morgan fingerprint density at radius 1 is 1.31 bits per heavy atom. The van der Waals surface area contributed by atoms with E-state index in [2.05, 4.69) is 5.32 Å². The molecule has 0 aliphatic heterocycles. The quantitative estimate of drug-likeness (QED) is 0.877. The topological polar surface area (TPSA) is 46.2 Å². The lowest BCUT2D eigenvalue weighted by Gasteiger charge is -2.05. The van der Waals surface area contributed by atoms with Gasteiger partial charge >= 0.3 is 0 Å². The molecule has 0 aromatic carbocycles. The fraction of sp³-hybridized carbons (Fsp3) is 0.636. The summed E-state index contributed by atoms with van der Waals surface area (Å²) in [5.41, 5.74) is 0.962. The molecule has 2 saturated carbocycles. The predicted octanol–water partition coefficient (Wildman–Crippen LogP) is 1.94. The monoisotopic (exact) mass is 257 g/mol. The summed E-state index contributed by atoms with van der Waals surface area (Å²) in [6.45, 7) is 0.704. The summed E-state index contributed by atoms with van der Waals surface area (Å²) >= 11 is 1.37. The van der Waals surface area contributed by atoms with Crippen molar-refractivity contribution in [3.63, 3.8) is 0 Å². The molecule has 1 heterocycles. The SMILES string of the molecule is O=S(=O)(c1sccc1CNC1CC1)C1CC1. The van der Waals surface area contributed by atoms with Crippen molar-refractivity contribution in [2.75, 3.05) is 0 Å². The first-order valence-electron chi connectivity index (χ1n) is 5.71. The molecule has 1 aromatic heterocycles. The highest BCUT2D eigenvalue weighted by atomic mass is 32.2. The summed E-state index contributed by atoms with van der Waals surface area (Å²) in [7, 11) is -3.00. The number of sulfone groups is 1. The number of nitrogens with one attached hydrogen (secondary N) is 1. The molecule has 3 rings (SSSR count). The highest BCUT2D eigenvalue weighted by Crippen LogP contribution is 2.37. The van der Waals surface area contributed by atoms with Crippen molar-refractivity contribution in [3.8, 4) is 0 Å². The van der Waals surface area contributed by atoms with Gasteiger partial charge in [-0.2, -0.15) is 0 Å². The molecule has 0 amide bonds. The van der Waals surface area contributed by atoms with E-state index in [1.165, 1.54) is 24.2 Å². The first-order valence-corrected chi connectivity index (χ1v) is 8.14. The normalized spacial score (nSPS) is 21.2. The molecule has 2 aliphatic carbocycles. The Balaban J connectivity index is 1.80. The van der Waals surface area contributed by atoms with Crippen LogP contribution >= 0.6 is 11.3 Å². The van der Waals surface area contributed by atoms with E-state index < -0.39 is 9.84 Å². The molecule has 0 saturated heterocycles. The zero-order valence-electron chi connectivity index (χ0n) is 8.98. The van der Waals surface area contributed by atoms with Gasteiger partial charge in [0.15, 0.2) is 9.84 Å². The minimum atomic E-state index is -3.00. The van der Waals surface area contributed by atoms with Gasteiger partial charge < -0.3 is 5.32 Å². The minimum absolute atomic E-state index is 0.0918. The van der Waals surface area contributed by atoms with Gasteiger partial charge in [-0.15, -0.1) is 11.3 Å². The molecule has 0 atom stereocenters. The molecule has 3 nitrogen and oxygen atoms in total. The van der Waals surface area contributed by atoms with Crippen LogP contribution in [0.25, 0.3) is 0 Å². The maximum atomic E-state index is 12.1. The van der Waals surface area contributed by atoms with E-state index >= 15 is 0 Å². The maximum Gasteiger partial charge on any atom is 0.190 e. The molecule has 5 heteroatoms. The third-order valence-electron chi connectivity index (χ3n) is 3.09. The zero-order valence-corrected chi connectivity index (χ0v) is 10.6. The van der Waals surface area contributed by atoms with Gasteiger partial charge in [0, 0.05) is 12.6 Å². The number of hydrogen-bond donors (Lipinski definition) is 1. The zero-order chi connectivity index (χ0) is 11.2. The van der Waals surface area contributed by atoms with Gasteiger partial charge in [0.25, 0.3) is 0 Å². The van der Waals surface area contributed by atoms with Crippen LogP contribution in [0.4, 0.5) is 0 Å². The summed E-state index contributed by atoms with van der Waals surface area (Å²) in [5.74, 6) is 0. The first-order chi connectivity index (χ1) is 7.68. The van der Waals surface area contributed by atoms with Crippen LogP contribution in [0.1, 0.15) is 31.2 Å². The van der Waals surface area contributed by atoms with Crippen LogP contribution in [0, 0.1) is 0 Å². The molecule has 0 spiro atoms. The van der Waals surface area contributed by atoms with Gasteiger partial charge in [0.2, 0.25) is 0 Å². The molecule has 0 radical (unpaired) electrons. The van der Waals surface area contributed by atoms with Crippen molar-refractivity contribution >= 4 is 21.2 Å². The van der Waals surface area contributed by atoms with Gasteiger partial charge in [0.1, 0.15) is 4.21 Å². The van der Waals surface area contributed by atoms with Crippen LogP contribution in [0.5, 0.6) is 0 Å². The van der Waals surface area contributed by atoms with Crippen molar-refractivity contribution in [3.05, 3.63) is 17.0 Å². The molecular weight excluding hydrogens is 242 g/mol. The molecule has 2 aliphatic rings. The average molecular weight is 257 g/mol. The van der Waals surface area contributed by atoms with Gasteiger partial charge in [-0.25, -0.2) is 8.42 Å². The van der Waals surface area contributed by atoms with Crippen LogP contribution in [0.3, 0.4) is 0 Å². The van der Waals surface area contributed by atoms with E-state index in [1.807, 2.05) is 11.4 Å². The first kappa shape index (κ1) is 10.7. The van der Waals surface area contributed by atoms with E-state index in [-0.39, 0.29) is 5.25 Å². The molecule has 16 heavy (non-hydrogen) atoms. The van der Waals surface area contributed by atoms with Crippen molar-refractivity contribution < 1.29 is 8.42 Å². The molecule has 1 aromatic rings. The van der Waals surface area contributed by atoms with Crippen LogP contribution in [0.15, 0.2) is 15.7 Å². The molecule has 2 fully saturated rings. The Hall–Kier alpha value is -0.390. The molecule has 1 N–H and O–H groups in total. The summed E-state index contributed by atoms with van der Waals surface area (Å²) < 4.78 is 24.8. The van der Waals surface area contributed by atoms with Crippen molar-refractivity contribution in [1.82, 2.24) is 5.32 Å². The van der Waals surface area contributed by atoms with E-state index in [1.54, 1.807) is 0 Å². The third kappa shape index (κ3) is 2.04. The molecule has 0 bridgehead atoms. The summed E-state index contributed by atoms with van der Waals surface area (Å²) in [6, 6.07) is 2.56. The summed E-state index contributed by atoms with van der Waals surface area (Å²) in [6.07, 6.45) is 4.15. The Kier molecular flexibility index (Phi) is 2.57. The van der Waals surface area contributed by atoms with Gasteiger partial charge in [-0.05, 0) is 42.7 Å². The Labute approximate surface area is 99.8 Å². The van der Waals surface area contributed by atoms with Gasteiger partial charge in [-0.3, -0.25) is 0 Å². The van der Waals surface area contributed by atoms with Crippen LogP contribution in [0.2, 0.25) is 0 Å². The maximum absolute atomic E-state index is 12.1. The van der Waals surface area contributed by atoms with Gasteiger partial charge in [-0.1, -0.05) is 0 Å². The van der Waals surface area contributed by atoms with Crippen molar-refractivity contribution in [2.24, 2.45) is 0 Å². The van der Waals surface area contributed by atoms with E-state index in [0.29, 0.717) is 16.8 Å². The van der Waals surface area contributed by atoms with E-state index in [4.69, 9.17) is 0 Å². The number of hydrogen-bond acceptors (Lipinski definition) is 4. The number of rotatable bonds is 5. The average Bonchev–Trinajstić information content (AvgIpc) is 3.13.